The fourth-order valence-electron chi connectivity index (χ4n) is 2.35. The Morgan fingerprint density at radius 2 is 2.04 bits per heavy atom. The minimum absolute atomic E-state index is 0. The molecule has 27 heavy (non-hydrogen) atoms. The zero-order chi connectivity index (χ0) is 19.0. The molecule has 1 unspecified atom stereocenters. The van der Waals surface area contributed by atoms with Gasteiger partial charge in [0.25, 0.3) is 0 Å². The average Bonchev–Trinajstić information content (AvgIpc) is 3.01. The van der Waals surface area contributed by atoms with Crippen molar-refractivity contribution < 1.29 is 17.6 Å². The number of hydrogen-bond donors (Lipinski definition) is 2. The Kier molecular flexibility index (Phi) is 10.1. The number of fused-ring (bicyclic) bond motifs is 1. The van der Waals surface area contributed by atoms with Crippen LogP contribution in [0.15, 0.2) is 39.7 Å². The first-order valence-electron chi connectivity index (χ1n) is 8.68. The van der Waals surface area contributed by atoms with Gasteiger partial charge in [-0.1, -0.05) is 18.2 Å². The molecule has 1 heterocycles. The van der Waals surface area contributed by atoms with E-state index in [1.54, 1.807) is 0 Å². The first-order valence-corrected chi connectivity index (χ1v) is 10.7. The fourth-order valence-corrected chi connectivity index (χ4v) is 2.77. The number of guanidine groups is 1. The number of furan rings is 1. The first-order chi connectivity index (χ1) is 12.4. The van der Waals surface area contributed by atoms with Gasteiger partial charge in [-0.15, -0.1) is 24.0 Å². The Hall–Kier alpha value is -1.33. The number of halogens is 1. The second-order valence-corrected chi connectivity index (χ2v) is 8.32. The van der Waals surface area contributed by atoms with E-state index in [0.717, 1.165) is 23.3 Å². The van der Waals surface area contributed by atoms with E-state index >= 15 is 0 Å². The van der Waals surface area contributed by atoms with Crippen LogP contribution < -0.4 is 10.6 Å². The molecule has 0 fully saturated rings. The quantitative estimate of drug-likeness (QED) is 0.234. The lowest BCUT2D eigenvalue weighted by Gasteiger charge is -2.16. The molecule has 0 aliphatic carbocycles. The van der Waals surface area contributed by atoms with E-state index in [2.05, 4.69) is 15.6 Å². The van der Waals surface area contributed by atoms with Gasteiger partial charge in [-0.3, -0.25) is 4.99 Å². The number of nitrogens with one attached hydrogen (secondary N) is 2. The van der Waals surface area contributed by atoms with Crippen LogP contribution in [-0.2, 0) is 14.6 Å². The van der Waals surface area contributed by atoms with Crippen LogP contribution in [0.4, 0.5) is 0 Å². The van der Waals surface area contributed by atoms with Gasteiger partial charge in [0.1, 0.15) is 21.2 Å². The minimum Gasteiger partial charge on any atom is -0.459 e. The highest BCUT2D eigenvalue weighted by molar-refractivity contribution is 14.0. The van der Waals surface area contributed by atoms with Crippen molar-refractivity contribution in [3.63, 3.8) is 0 Å². The number of ether oxygens (including phenoxy) is 1. The Balaban J connectivity index is 0.00000364. The number of rotatable bonds is 9. The van der Waals surface area contributed by atoms with E-state index in [4.69, 9.17) is 9.15 Å². The van der Waals surface area contributed by atoms with Crippen LogP contribution >= 0.6 is 24.0 Å². The van der Waals surface area contributed by atoms with Gasteiger partial charge in [-0.05, 0) is 26.0 Å². The Labute approximate surface area is 177 Å². The van der Waals surface area contributed by atoms with Crippen LogP contribution in [0.2, 0.25) is 0 Å². The fraction of sp³-hybridized carbons (Fsp3) is 0.500. The molecule has 2 aromatic rings. The number of hydrogen-bond acceptors (Lipinski definition) is 5. The lowest BCUT2D eigenvalue weighted by atomic mass is 10.2. The predicted molar refractivity (Wildman–Crippen MR) is 120 cm³/mol. The maximum Gasteiger partial charge on any atom is 0.191 e. The minimum atomic E-state index is -2.99. The number of nitrogens with zero attached hydrogens (tertiary/aromatic N) is 1. The van der Waals surface area contributed by atoms with Crippen LogP contribution in [0.25, 0.3) is 11.0 Å². The number of sulfone groups is 1. The highest BCUT2D eigenvalue weighted by Gasteiger charge is 2.12. The lowest BCUT2D eigenvalue weighted by molar-refractivity contribution is 0.157. The van der Waals surface area contributed by atoms with E-state index in [1.807, 2.05) is 44.2 Å². The van der Waals surface area contributed by atoms with Gasteiger partial charge in [0.15, 0.2) is 5.96 Å². The summed E-state index contributed by atoms with van der Waals surface area (Å²) >= 11 is 0. The second-order valence-electron chi connectivity index (χ2n) is 6.06. The third-order valence-corrected chi connectivity index (χ3v) is 4.58. The molecule has 1 atom stereocenters. The molecule has 0 amide bonds. The molecule has 2 rings (SSSR count). The third kappa shape index (κ3) is 8.48. The molecule has 152 valence electrons. The summed E-state index contributed by atoms with van der Waals surface area (Å²) in [5.74, 6) is 1.52. The van der Waals surface area contributed by atoms with Gasteiger partial charge in [0.05, 0.1) is 31.6 Å². The summed E-state index contributed by atoms with van der Waals surface area (Å²) in [6, 6.07) is 9.86. The molecule has 0 aliphatic rings. The molecule has 1 aromatic carbocycles. The van der Waals surface area contributed by atoms with Crippen LogP contribution in [0.1, 0.15) is 25.6 Å². The van der Waals surface area contributed by atoms with Gasteiger partial charge in [-0.2, -0.15) is 0 Å². The number of aliphatic imine (C=N–C) groups is 1. The van der Waals surface area contributed by atoms with Crippen molar-refractivity contribution in [2.24, 2.45) is 4.99 Å². The summed E-state index contributed by atoms with van der Waals surface area (Å²) in [6.45, 7) is 5.72. The Bertz CT molecular complexity index is 803. The third-order valence-electron chi connectivity index (χ3n) is 3.67. The van der Waals surface area contributed by atoms with E-state index in [9.17, 15) is 8.42 Å². The van der Waals surface area contributed by atoms with Crippen LogP contribution in [0.3, 0.4) is 0 Å². The molecule has 0 spiro atoms. The first kappa shape index (κ1) is 23.7. The lowest BCUT2D eigenvalue weighted by Crippen LogP contribution is -2.38. The topological polar surface area (TPSA) is 92.9 Å². The standard InChI is InChI=1S/C18H27N3O4S.HI/c1-4-19-18(20-9-10-24-11-12-26(3,22)23)21-14(2)17-13-15-7-5-6-8-16(15)25-17;/h5-8,13-14H,4,9-12H2,1-3H3,(H2,19,20,21);1H. The van der Waals surface area contributed by atoms with Crippen molar-refractivity contribution in [1.29, 1.82) is 0 Å². The molecule has 0 radical (unpaired) electrons. The maximum absolute atomic E-state index is 11.0. The van der Waals surface area contributed by atoms with Gasteiger partial charge in [-0.25, -0.2) is 8.42 Å². The molecule has 1 aromatic heterocycles. The largest absolute Gasteiger partial charge is 0.459 e. The van der Waals surface area contributed by atoms with E-state index in [-0.39, 0.29) is 42.4 Å². The molecule has 0 aliphatic heterocycles. The van der Waals surface area contributed by atoms with Crippen molar-refractivity contribution in [2.75, 3.05) is 38.3 Å². The second kappa shape index (κ2) is 11.5. The molecular weight excluding hydrogens is 481 g/mol. The van der Waals surface area contributed by atoms with Crippen LogP contribution in [-0.4, -0.2) is 52.7 Å². The molecule has 0 bridgehead atoms. The molecule has 9 heteroatoms. The van der Waals surface area contributed by atoms with Gasteiger partial charge in [0.2, 0.25) is 0 Å². The summed E-state index contributed by atoms with van der Waals surface area (Å²) in [5.41, 5.74) is 0.859. The Morgan fingerprint density at radius 1 is 1.30 bits per heavy atom. The summed E-state index contributed by atoms with van der Waals surface area (Å²) in [7, 11) is -2.99. The molecule has 2 N–H and O–H groups in total. The van der Waals surface area contributed by atoms with Crippen molar-refractivity contribution in [2.45, 2.75) is 19.9 Å². The maximum atomic E-state index is 11.0. The zero-order valence-corrected chi connectivity index (χ0v) is 19.0. The van der Waals surface area contributed by atoms with Crippen LogP contribution in [0.5, 0.6) is 0 Å². The van der Waals surface area contributed by atoms with Crippen molar-refractivity contribution in [3.8, 4) is 0 Å². The Morgan fingerprint density at radius 3 is 2.70 bits per heavy atom. The van der Waals surface area contributed by atoms with Gasteiger partial charge in [0, 0.05) is 18.2 Å². The van der Waals surface area contributed by atoms with Gasteiger partial charge < -0.3 is 19.8 Å². The van der Waals surface area contributed by atoms with E-state index in [1.165, 1.54) is 6.26 Å². The van der Waals surface area contributed by atoms with Crippen LogP contribution in [0, 0.1) is 0 Å². The average molecular weight is 509 g/mol. The number of para-hydroxylation sites is 1. The van der Waals surface area contributed by atoms with E-state index < -0.39 is 9.84 Å². The molecule has 0 saturated carbocycles. The smallest absolute Gasteiger partial charge is 0.191 e. The summed E-state index contributed by atoms with van der Waals surface area (Å²) in [4.78, 5) is 4.45. The normalized spacial score (nSPS) is 13.2. The molecular formula is C18H28IN3O4S. The van der Waals surface area contributed by atoms with Crippen molar-refractivity contribution >= 4 is 50.7 Å². The summed E-state index contributed by atoms with van der Waals surface area (Å²) in [5, 5.41) is 7.55. The molecule has 0 saturated heterocycles. The van der Waals surface area contributed by atoms with E-state index in [0.29, 0.717) is 19.1 Å². The monoisotopic (exact) mass is 509 g/mol. The predicted octanol–water partition coefficient (Wildman–Crippen LogP) is 2.73. The van der Waals surface area contributed by atoms with Gasteiger partial charge >= 0.3 is 0 Å². The number of benzene rings is 1. The highest BCUT2D eigenvalue weighted by atomic mass is 127. The van der Waals surface area contributed by atoms with Crippen molar-refractivity contribution in [3.05, 3.63) is 36.1 Å². The zero-order valence-electron chi connectivity index (χ0n) is 15.9. The SMILES string of the molecule is CCNC(=NCCOCCS(C)(=O)=O)NC(C)c1cc2ccccc2o1.I. The van der Waals surface area contributed by atoms with Crippen molar-refractivity contribution in [1.82, 2.24) is 10.6 Å². The highest BCUT2D eigenvalue weighted by Crippen LogP contribution is 2.23. The summed E-state index contributed by atoms with van der Waals surface area (Å²) < 4.78 is 33.3. The molecule has 7 nitrogen and oxygen atoms in total. The summed E-state index contributed by atoms with van der Waals surface area (Å²) in [6.07, 6.45) is 1.20.